The quantitative estimate of drug-likeness (QED) is 0.660. The lowest BCUT2D eigenvalue weighted by Crippen LogP contribution is -2.18. The van der Waals surface area contributed by atoms with Crippen LogP contribution >= 0.6 is 0 Å². The number of nitrogens with zero attached hydrogens (tertiary/aromatic N) is 2. The molecule has 0 bridgehead atoms. The van der Waals surface area contributed by atoms with Crippen LogP contribution < -0.4 is 20.5 Å². The van der Waals surface area contributed by atoms with Crippen LogP contribution in [0.4, 0.5) is 24.8 Å². The van der Waals surface area contributed by atoms with E-state index >= 15 is 0 Å². The number of halogens is 3. The van der Waals surface area contributed by atoms with Crippen molar-refractivity contribution in [3.63, 3.8) is 0 Å². The predicted octanol–water partition coefficient (Wildman–Crippen LogP) is 3.79. The molecule has 0 spiro atoms. The van der Waals surface area contributed by atoms with E-state index in [-0.39, 0.29) is 28.3 Å². The number of nitrogens with one attached hydrogen (secondary N) is 1. The Labute approximate surface area is 162 Å². The number of nitrogen functional groups attached to an aromatic ring is 1. The number of aromatic nitrogens is 2. The Morgan fingerprint density at radius 3 is 2.55 bits per heavy atom. The predicted molar refractivity (Wildman–Crippen MR) is 96.5 cm³/mol. The number of anilines is 2. The highest BCUT2D eigenvalue weighted by Gasteiger charge is 2.32. The molecular formula is C18H15F3N4O4. The SMILES string of the molecule is COc1ccc(OC(F)(F)F)c(-c2ccc(NC(=O)c3conc3C)nc2N)c1. The highest BCUT2D eigenvalue weighted by molar-refractivity contribution is 6.04. The Morgan fingerprint density at radius 2 is 1.97 bits per heavy atom. The van der Waals surface area contributed by atoms with E-state index in [1.165, 1.54) is 37.6 Å². The van der Waals surface area contributed by atoms with Crippen LogP contribution in [0.15, 0.2) is 41.1 Å². The number of carbonyl (C=O) groups is 1. The first-order valence-corrected chi connectivity index (χ1v) is 8.11. The second kappa shape index (κ2) is 7.70. The van der Waals surface area contributed by atoms with Crippen LogP contribution in [0.1, 0.15) is 16.1 Å². The number of ether oxygens (including phenoxy) is 2. The third-order valence-electron chi connectivity index (χ3n) is 3.86. The van der Waals surface area contributed by atoms with Crippen LogP contribution in [0.3, 0.4) is 0 Å². The van der Waals surface area contributed by atoms with Gasteiger partial charge in [0.1, 0.15) is 35.0 Å². The molecular weight excluding hydrogens is 393 g/mol. The van der Waals surface area contributed by atoms with E-state index in [0.717, 1.165) is 6.07 Å². The largest absolute Gasteiger partial charge is 0.573 e. The molecule has 29 heavy (non-hydrogen) atoms. The van der Waals surface area contributed by atoms with Gasteiger partial charge < -0.3 is 25.0 Å². The number of hydrogen-bond donors (Lipinski definition) is 2. The molecule has 0 aliphatic heterocycles. The molecule has 1 amide bonds. The molecule has 0 aliphatic carbocycles. The maximum absolute atomic E-state index is 12.7. The summed E-state index contributed by atoms with van der Waals surface area (Å²) in [6.45, 7) is 1.59. The van der Waals surface area contributed by atoms with Gasteiger partial charge in [0.2, 0.25) is 0 Å². The van der Waals surface area contributed by atoms with Gasteiger partial charge in [0.05, 0.1) is 12.8 Å². The fourth-order valence-electron chi connectivity index (χ4n) is 2.53. The number of nitrogens with two attached hydrogens (primary N) is 1. The van der Waals surface area contributed by atoms with Crippen molar-refractivity contribution in [3.8, 4) is 22.6 Å². The maximum Gasteiger partial charge on any atom is 0.573 e. The average molecular weight is 408 g/mol. The van der Waals surface area contributed by atoms with Crippen LogP contribution in [0.2, 0.25) is 0 Å². The summed E-state index contributed by atoms with van der Waals surface area (Å²) in [5, 5.41) is 6.12. The number of amides is 1. The Bertz CT molecular complexity index is 1050. The standard InChI is InChI=1S/C18H15F3N4O4/c1-9-13(8-28-25-9)17(26)24-15-6-4-11(16(22)23-15)12-7-10(27-2)3-5-14(12)29-18(19,20)21/h3-8H,1-2H3,(H3,22,23,24,26). The van der Waals surface area contributed by atoms with Crippen LogP contribution in [0.25, 0.3) is 11.1 Å². The zero-order chi connectivity index (χ0) is 21.2. The fraction of sp³-hybridized carbons (Fsp3) is 0.167. The van der Waals surface area contributed by atoms with Gasteiger partial charge in [-0.05, 0) is 37.3 Å². The molecule has 3 N–H and O–H groups in total. The monoisotopic (exact) mass is 408 g/mol. The third kappa shape index (κ3) is 4.57. The third-order valence-corrected chi connectivity index (χ3v) is 3.86. The summed E-state index contributed by atoms with van der Waals surface area (Å²) >= 11 is 0. The fourth-order valence-corrected chi connectivity index (χ4v) is 2.53. The lowest BCUT2D eigenvalue weighted by Gasteiger charge is -2.16. The summed E-state index contributed by atoms with van der Waals surface area (Å²) in [5.74, 6) is -0.716. The van der Waals surface area contributed by atoms with Crippen LogP contribution in [-0.4, -0.2) is 29.5 Å². The summed E-state index contributed by atoms with van der Waals surface area (Å²) < 4.78 is 52.0. The van der Waals surface area contributed by atoms with E-state index < -0.39 is 18.0 Å². The van der Waals surface area contributed by atoms with Gasteiger partial charge in [-0.25, -0.2) is 4.98 Å². The molecule has 2 heterocycles. The van der Waals surface area contributed by atoms with Crippen molar-refractivity contribution in [2.75, 3.05) is 18.2 Å². The molecule has 0 fully saturated rings. The summed E-state index contributed by atoms with van der Waals surface area (Å²) in [4.78, 5) is 16.2. The zero-order valence-electron chi connectivity index (χ0n) is 15.2. The average Bonchev–Trinajstić information content (AvgIpc) is 3.07. The summed E-state index contributed by atoms with van der Waals surface area (Å²) in [5.41, 5.74) is 6.72. The molecule has 152 valence electrons. The Kier molecular flexibility index (Phi) is 5.31. The van der Waals surface area contributed by atoms with Crippen LogP contribution in [0.5, 0.6) is 11.5 Å². The highest BCUT2D eigenvalue weighted by atomic mass is 19.4. The van der Waals surface area contributed by atoms with Gasteiger partial charge in [-0.15, -0.1) is 13.2 Å². The molecule has 8 nitrogen and oxygen atoms in total. The lowest BCUT2D eigenvalue weighted by molar-refractivity contribution is -0.274. The van der Waals surface area contributed by atoms with Crippen molar-refractivity contribution in [3.05, 3.63) is 47.9 Å². The molecule has 0 atom stereocenters. The molecule has 0 saturated heterocycles. The molecule has 3 aromatic rings. The van der Waals surface area contributed by atoms with Crippen LogP contribution in [-0.2, 0) is 0 Å². The number of aryl methyl sites for hydroxylation is 1. The highest BCUT2D eigenvalue weighted by Crippen LogP contribution is 2.38. The molecule has 3 rings (SSSR count). The van der Waals surface area contributed by atoms with Crippen molar-refractivity contribution in [1.29, 1.82) is 0 Å². The van der Waals surface area contributed by atoms with Gasteiger partial charge in [0, 0.05) is 11.1 Å². The number of carbonyl (C=O) groups excluding carboxylic acids is 1. The van der Waals surface area contributed by atoms with E-state index in [0.29, 0.717) is 11.4 Å². The summed E-state index contributed by atoms with van der Waals surface area (Å²) in [7, 11) is 1.37. The smallest absolute Gasteiger partial charge is 0.497 e. The van der Waals surface area contributed by atoms with Gasteiger partial charge in [-0.2, -0.15) is 0 Å². The first-order chi connectivity index (χ1) is 13.7. The van der Waals surface area contributed by atoms with Crippen LogP contribution in [0, 0.1) is 6.92 Å². The normalized spacial score (nSPS) is 11.2. The van der Waals surface area contributed by atoms with Gasteiger partial charge in [0.15, 0.2) is 0 Å². The Hall–Kier alpha value is -3.76. The molecule has 0 unspecified atom stereocenters. The minimum Gasteiger partial charge on any atom is -0.497 e. The number of hydrogen-bond acceptors (Lipinski definition) is 7. The number of alkyl halides is 3. The van der Waals surface area contributed by atoms with E-state index in [2.05, 4.69) is 20.2 Å². The molecule has 11 heteroatoms. The number of methoxy groups -OCH3 is 1. The molecule has 1 aromatic carbocycles. The second-order valence-corrected chi connectivity index (χ2v) is 5.81. The van der Waals surface area contributed by atoms with Crippen molar-refractivity contribution >= 4 is 17.5 Å². The first kappa shape index (κ1) is 20.0. The summed E-state index contributed by atoms with van der Waals surface area (Å²) in [6, 6.07) is 6.59. The second-order valence-electron chi connectivity index (χ2n) is 5.81. The molecule has 0 radical (unpaired) electrons. The lowest BCUT2D eigenvalue weighted by atomic mass is 10.0. The summed E-state index contributed by atoms with van der Waals surface area (Å²) in [6.07, 6.45) is -3.71. The maximum atomic E-state index is 12.7. The van der Waals surface area contributed by atoms with Gasteiger partial charge in [-0.1, -0.05) is 5.16 Å². The Morgan fingerprint density at radius 1 is 1.21 bits per heavy atom. The van der Waals surface area contributed by atoms with Crippen molar-refractivity contribution in [2.45, 2.75) is 13.3 Å². The molecule has 0 aliphatic rings. The topological polar surface area (TPSA) is 112 Å². The minimum atomic E-state index is -4.89. The number of benzene rings is 1. The zero-order valence-corrected chi connectivity index (χ0v) is 15.2. The Balaban J connectivity index is 1.94. The number of pyridine rings is 1. The van der Waals surface area contributed by atoms with E-state index in [1.807, 2.05) is 0 Å². The molecule has 0 saturated carbocycles. The van der Waals surface area contributed by atoms with Crippen molar-refractivity contribution < 1.29 is 32.0 Å². The van der Waals surface area contributed by atoms with E-state index in [4.69, 9.17) is 15.0 Å². The minimum absolute atomic E-state index is 0.0273. The number of rotatable bonds is 5. The van der Waals surface area contributed by atoms with Gasteiger partial charge in [-0.3, -0.25) is 4.79 Å². The van der Waals surface area contributed by atoms with Crippen molar-refractivity contribution in [2.24, 2.45) is 0 Å². The van der Waals surface area contributed by atoms with E-state index in [9.17, 15) is 18.0 Å². The van der Waals surface area contributed by atoms with Gasteiger partial charge in [0.25, 0.3) is 5.91 Å². The molecule has 2 aromatic heterocycles. The van der Waals surface area contributed by atoms with Crippen molar-refractivity contribution in [1.82, 2.24) is 10.1 Å². The van der Waals surface area contributed by atoms with E-state index in [1.54, 1.807) is 6.92 Å². The van der Waals surface area contributed by atoms with Gasteiger partial charge >= 0.3 is 6.36 Å². The first-order valence-electron chi connectivity index (χ1n) is 8.11.